The monoisotopic (exact) mass is 700 g/mol. The van der Waals surface area contributed by atoms with Crippen molar-refractivity contribution in [2.75, 3.05) is 18.9 Å². The van der Waals surface area contributed by atoms with E-state index in [-0.39, 0.29) is 27.4 Å². The molecule has 1 amide bonds. The van der Waals surface area contributed by atoms with Crippen LogP contribution < -0.4 is 27.8 Å². The van der Waals surface area contributed by atoms with Crippen molar-refractivity contribution >= 4 is 64.4 Å². The Hall–Kier alpha value is -2.21. The number of phosphoric acid groups is 2. The number of amides is 1. The van der Waals surface area contributed by atoms with Crippen molar-refractivity contribution in [3.63, 3.8) is 0 Å². The molecule has 0 saturated carbocycles. The number of phosphoric ester groups is 2. The van der Waals surface area contributed by atoms with Crippen molar-refractivity contribution in [1.29, 1.82) is 0 Å². The van der Waals surface area contributed by atoms with E-state index in [0.717, 1.165) is 10.8 Å². The van der Waals surface area contributed by atoms with Gasteiger partial charge in [-0.05, 0) is 6.07 Å². The highest BCUT2D eigenvalue weighted by Crippen LogP contribution is 2.60. The number of amidine groups is 1. The Morgan fingerprint density at radius 2 is 1.73 bits per heavy atom. The van der Waals surface area contributed by atoms with Crippen LogP contribution >= 0.6 is 40.9 Å². The maximum Gasteiger partial charge on any atom is 0.481 e. The fourth-order valence-electron chi connectivity index (χ4n) is 4.47. The van der Waals surface area contributed by atoms with Gasteiger partial charge < -0.3 is 40.9 Å². The molecule has 0 aliphatic carbocycles. The molecule has 1 fully saturated rings. The highest BCUT2D eigenvalue weighted by Gasteiger charge is 2.47. The molecule has 242 valence electrons. The van der Waals surface area contributed by atoms with Crippen molar-refractivity contribution in [3.05, 3.63) is 32.6 Å². The van der Waals surface area contributed by atoms with Crippen molar-refractivity contribution in [2.45, 2.75) is 49.0 Å². The highest BCUT2D eigenvalue weighted by molar-refractivity contribution is 7.88. The molecule has 44 heavy (non-hydrogen) atoms. The summed E-state index contributed by atoms with van der Waals surface area (Å²) in [6.45, 7) is -1.68. The van der Waals surface area contributed by atoms with Gasteiger partial charge in [0.1, 0.15) is 36.3 Å². The third-order valence-electron chi connectivity index (χ3n) is 6.52. The minimum Gasteiger partial charge on any atom is -0.387 e. The smallest absolute Gasteiger partial charge is 0.387 e. The first-order chi connectivity index (χ1) is 20.5. The third-order valence-corrected chi connectivity index (χ3v) is 10.3. The number of nitrogens with one attached hydrogen (secondary N) is 2. The number of aliphatic imine (C=N–C) groups is 2. The predicted octanol–water partition coefficient (Wildman–Crippen LogP) is -3.33. The second-order valence-corrected chi connectivity index (χ2v) is 13.5. The molecule has 1 aromatic rings. The number of nitrogens with zero attached hydrogens (tertiary/aromatic N) is 4. The second-order valence-electron chi connectivity index (χ2n) is 9.54. The number of guanidine groups is 1. The number of hydrogen-bond donors (Lipinski definition) is 10. The largest absolute Gasteiger partial charge is 0.481 e. The van der Waals surface area contributed by atoms with Gasteiger partial charge in [0.05, 0.1) is 19.3 Å². The Morgan fingerprint density at radius 3 is 2.41 bits per heavy atom. The minimum atomic E-state index is -5.36. The van der Waals surface area contributed by atoms with Crippen LogP contribution in [0.5, 0.6) is 0 Å². The van der Waals surface area contributed by atoms with Crippen LogP contribution in [-0.2, 0) is 36.8 Å². The molecule has 0 spiro atoms. The van der Waals surface area contributed by atoms with E-state index in [0.29, 0.717) is 0 Å². The van der Waals surface area contributed by atoms with E-state index in [1.807, 2.05) is 0 Å². The van der Waals surface area contributed by atoms with Crippen LogP contribution in [0.2, 0.25) is 0 Å². The Labute approximate surface area is 257 Å². The van der Waals surface area contributed by atoms with E-state index in [1.165, 1.54) is 6.07 Å². The zero-order chi connectivity index (χ0) is 32.1. The summed E-state index contributed by atoms with van der Waals surface area (Å²) in [5, 5.41) is 25.9. The summed E-state index contributed by atoms with van der Waals surface area (Å²) in [6, 6.07) is -0.463. The second kappa shape index (κ2) is 12.5. The summed E-state index contributed by atoms with van der Waals surface area (Å²) in [4.78, 5) is 56.5. The van der Waals surface area contributed by atoms with Gasteiger partial charge in [0.2, 0.25) is 5.96 Å². The lowest BCUT2D eigenvalue weighted by atomic mass is 10.0. The number of hydrogen-bond acceptors (Lipinski definition) is 19. The zero-order valence-electron chi connectivity index (χ0n) is 21.9. The summed E-state index contributed by atoms with van der Waals surface area (Å²) < 4.78 is 50.7. The van der Waals surface area contributed by atoms with Gasteiger partial charge in [0, 0.05) is 16.0 Å². The van der Waals surface area contributed by atoms with Gasteiger partial charge in [-0.1, -0.05) is 0 Å². The fourth-order valence-corrected chi connectivity index (χ4v) is 7.17. The summed E-state index contributed by atoms with van der Waals surface area (Å²) in [5.41, 5.74) is 10.1. The lowest BCUT2D eigenvalue weighted by molar-refractivity contribution is -0.121. The number of rotatable bonds is 9. The maximum absolute atomic E-state index is 12.5. The molecule has 1 saturated heterocycles. The molecule has 0 bridgehead atoms. The highest BCUT2D eigenvalue weighted by atomic mass is 32.1. The van der Waals surface area contributed by atoms with Crippen LogP contribution in [-0.4, -0.2) is 103 Å². The van der Waals surface area contributed by atoms with Crippen molar-refractivity contribution in [1.82, 2.24) is 20.2 Å². The number of carbonyl (C=O) groups excluding carboxylic acids is 1. The molecule has 3 unspecified atom stereocenters. The molecule has 0 radical (unpaired) electrons. The standard InChI is InChI=1S/C19H26N8O13P2S2/c20-7-1-2-27(19(31)22-7)17-11(29)10(28)5(39-17)3-36-41(32,33)40-42(34,35)37-4-6-12(43)13(44)8-16(38-6)24-14-9(23-8)15(30)26-18(21)25-14/h1-2,5-6,8-11,16-17,23,28-29,43-44H,3-4H2,(H,32,33)(H,34,35)(H2,20,22,31)(H3,21,24,25,26,30)/t5-,6-,8+,9?,10-,11-,16-,17-/m1/s1. The van der Waals surface area contributed by atoms with Crippen molar-refractivity contribution in [3.8, 4) is 0 Å². The molecule has 4 aliphatic heterocycles. The number of anilines is 1. The third kappa shape index (κ3) is 6.95. The van der Waals surface area contributed by atoms with E-state index in [2.05, 4.69) is 59.7 Å². The van der Waals surface area contributed by atoms with Gasteiger partial charge in [-0.25, -0.2) is 18.9 Å². The van der Waals surface area contributed by atoms with Gasteiger partial charge in [-0.3, -0.25) is 29.0 Å². The molecular formula is C19H26N8O13P2S2. The Morgan fingerprint density at radius 1 is 1.05 bits per heavy atom. The number of aromatic nitrogens is 2. The summed E-state index contributed by atoms with van der Waals surface area (Å²) in [6.07, 6.45) is -7.43. The van der Waals surface area contributed by atoms with Gasteiger partial charge in [-0.2, -0.15) is 14.3 Å². The number of thiol groups is 2. The van der Waals surface area contributed by atoms with Crippen molar-refractivity contribution in [2.24, 2.45) is 15.7 Å². The van der Waals surface area contributed by atoms with E-state index in [4.69, 9.17) is 25.5 Å². The van der Waals surface area contributed by atoms with Gasteiger partial charge in [-0.15, -0.1) is 25.3 Å². The first-order valence-corrected chi connectivity index (χ1v) is 16.2. The average Bonchev–Trinajstić information content (AvgIpc) is 3.20. The fraction of sp³-hybridized carbons (Fsp3) is 0.526. The maximum atomic E-state index is 12.5. The van der Waals surface area contributed by atoms with Gasteiger partial charge >= 0.3 is 21.3 Å². The quantitative estimate of drug-likeness (QED) is 0.0890. The number of aliphatic hydroxyl groups excluding tert-OH is 2. The lowest BCUT2D eigenvalue weighted by Gasteiger charge is -2.40. The van der Waals surface area contributed by atoms with Gasteiger partial charge in [0.15, 0.2) is 18.3 Å². The predicted molar refractivity (Wildman–Crippen MR) is 153 cm³/mol. The number of carbonyl (C=O) groups is 1. The lowest BCUT2D eigenvalue weighted by Crippen LogP contribution is -2.64. The van der Waals surface area contributed by atoms with Crippen molar-refractivity contribution < 1.29 is 56.8 Å². The molecular weight excluding hydrogens is 674 g/mol. The number of fused-ring (bicyclic) bond motifs is 2. The Bertz CT molecular complexity index is 1590. The average molecular weight is 701 g/mol. The molecule has 4 aliphatic rings. The number of nitrogen functional groups attached to an aromatic ring is 1. The molecule has 0 aromatic carbocycles. The molecule has 10 atom stereocenters. The van der Waals surface area contributed by atoms with E-state index in [1.54, 1.807) is 0 Å². The topological polar surface area (TPSA) is 314 Å². The summed E-state index contributed by atoms with van der Waals surface area (Å²) in [5.74, 6) is -0.756. The van der Waals surface area contributed by atoms with Crippen LogP contribution in [0, 0.1) is 0 Å². The molecule has 21 nitrogen and oxygen atoms in total. The first kappa shape index (κ1) is 33.2. The molecule has 10 N–H and O–H groups in total. The summed E-state index contributed by atoms with van der Waals surface area (Å²) in [7, 11) is -10.7. The molecule has 5 rings (SSSR count). The first-order valence-electron chi connectivity index (χ1n) is 12.3. The summed E-state index contributed by atoms with van der Waals surface area (Å²) >= 11 is 8.71. The van der Waals surface area contributed by atoms with Crippen LogP contribution in [0.3, 0.4) is 0 Å². The normalized spacial score (nSPS) is 34.6. The van der Waals surface area contributed by atoms with E-state index in [9.17, 15) is 38.7 Å². The van der Waals surface area contributed by atoms with Gasteiger partial charge in [0.25, 0.3) is 5.91 Å². The minimum absolute atomic E-state index is 0.0258. The molecule has 5 heterocycles. The van der Waals surface area contributed by atoms with E-state index >= 15 is 0 Å². The number of nitrogens with two attached hydrogens (primary N) is 2. The number of ether oxygens (including phenoxy) is 2. The van der Waals surface area contributed by atoms with Crippen LogP contribution in [0.4, 0.5) is 5.82 Å². The Kier molecular flexibility index (Phi) is 9.44. The SMILES string of the molecule is NC1=NC2=N[C@@H]3O[C@H](COP(=O)(O)OP(=O)(O)OC[C@H]4O[C@@H](n5ccc(N)nc5=O)[C@H](O)[C@@H]4O)C(S)=C(S)[C@@H]3NC2C(=O)N1. The number of aliphatic hydroxyl groups is 2. The molecule has 1 aromatic heterocycles. The van der Waals surface area contributed by atoms with Crippen LogP contribution in [0.1, 0.15) is 6.23 Å². The molecule has 25 heteroatoms. The zero-order valence-corrected chi connectivity index (χ0v) is 25.5. The van der Waals surface area contributed by atoms with Crippen LogP contribution in [0.15, 0.2) is 36.9 Å². The Balaban J connectivity index is 1.18. The van der Waals surface area contributed by atoms with Crippen LogP contribution in [0.25, 0.3) is 0 Å². The van der Waals surface area contributed by atoms with E-state index < -0.39 is 89.4 Å².